The summed E-state index contributed by atoms with van der Waals surface area (Å²) in [6.45, 7) is 0. The third-order valence-corrected chi connectivity index (χ3v) is 3.16. The smallest absolute Gasteiger partial charge is 0.183 e. The number of aromatic nitrogens is 3. The Morgan fingerprint density at radius 3 is 2.82 bits per heavy atom. The Balaban J connectivity index is 1.99. The number of nitrogens with zero attached hydrogens (tertiary/aromatic N) is 2. The standard InChI is InChI=1S/C10H10F2N4S/c11-7-2-1-6(3-8(7)12)9(13)4-17-10-14-5-15-16-10/h1-3,5,9H,4,13H2,(H,14,15,16). The first-order valence-electron chi connectivity index (χ1n) is 4.85. The Morgan fingerprint density at radius 1 is 1.35 bits per heavy atom. The summed E-state index contributed by atoms with van der Waals surface area (Å²) in [6, 6.07) is 3.27. The molecular weight excluding hydrogens is 246 g/mol. The van der Waals surface area contributed by atoms with E-state index in [1.807, 2.05) is 0 Å². The van der Waals surface area contributed by atoms with E-state index in [2.05, 4.69) is 15.2 Å². The molecule has 4 nitrogen and oxygen atoms in total. The summed E-state index contributed by atoms with van der Waals surface area (Å²) in [5, 5.41) is 7.01. The van der Waals surface area contributed by atoms with Crippen LogP contribution in [0.25, 0.3) is 0 Å². The molecule has 0 aliphatic heterocycles. The van der Waals surface area contributed by atoms with Crippen LogP contribution in [0.2, 0.25) is 0 Å². The Labute approximate surface area is 101 Å². The van der Waals surface area contributed by atoms with Gasteiger partial charge >= 0.3 is 0 Å². The molecule has 0 amide bonds. The molecule has 1 aromatic heterocycles. The molecule has 90 valence electrons. The van der Waals surface area contributed by atoms with E-state index in [0.29, 0.717) is 16.5 Å². The fourth-order valence-electron chi connectivity index (χ4n) is 1.27. The first kappa shape index (κ1) is 12.0. The summed E-state index contributed by atoms with van der Waals surface area (Å²) >= 11 is 1.37. The van der Waals surface area contributed by atoms with Crippen molar-refractivity contribution >= 4 is 11.8 Å². The number of nitrogens with two attached hydrogens (primary N) is 1. The Kier molecular flexibility index (Phi) is 3.70. The molecule has 0 fully saturated rings. The van der Waals surface area contributed by atoms with Gasteiger partial charge in [-0.3, -0.25) is 5.10 Å². The second-order valence-corrected chi connectivity index (χ2v) is 4.39. The van der Waals surface area contributed by atoms with Gasteiger partial charge in [0.25, 0.3) is 0 Å². The Hall–Kier alpha value is -1.47. The van der Waals surface area contributed by atoms with Crippen molar-refractivity contribution in [2.75, 3.05) is 5.75 Å². The SMILES string of the molecule is NC(CSc1ncn[nH]1)c1ccc(F)c(F)c1. The maximum Gasteiger partial charge on any atom is 0.183 e. The number of nitrogens with one attached hydrogen (secondary N) is 1. The predicted molar refractivity (Wildman–Crippen MR) is 60.4 cm³/mol. The third-order valence-electron chi connectivity index (χ3n) is 2.16. The topological polar surface area (TPSA) is 67.6 Å². The molecular formula is C10H10F2N4S. The molecule has 2 aromatic rings. The molecule has 3 N–H and O–H groups in total. The molecule has 1 atom stereocenters. The van der Waals surface area contributed by atoms with Crippen LogP contribution in [0.3, 0.4) is 0 Å². The lowest BCUT2D eigenvalue weighted by atomic mass is 10.1. The van der Waals surface area contributed by atoms with Gasteiger partial charge in [-0.1, -0.05) is 17.8 Å². The highest BCUT2D eigenvalue weighted by atomic mass is 32.2. The van der Waals surface area contributed by atoms with Crippen LogP contribution in [-0.2, 0) is 0 Å². The molecule has 0 spiro atoms. The van der Waals surface area contributed by atoms with Crippen molar-refractivity contribution in [3.05, 3.63) is 41.7 Å². The Morgan fingerprint density at radius 2 is 2.18 bits per heavy atom. The van der Waals surface area contributed by atoms with Gasteiger partial charge < -0.3 is 5.73 Å². The van der Waals surface area contributed by atoms with E-state index in [0.717, 1.165) is 12.1 Å². The first-order chi connectivity index (χ1) is 8.16. The summed E-state index contributed by atoms with van der Waals surface area (Å²) in [5.74, 6) is -1.26. The molecule has 1 unspecified atom stereocenters. The average molecular weight is 256 g/mol. The molecule has 0 saturated carbocycles. The van der Waals surface area contributed by atoms with Gasteiger partial charge in [0.2, 0.25) is 0 Å². The number of halogens is 2. The van der Waals surface area contributed by atoms with E-state index in [1.54, 1.807) is 0 Å². The number of hydrogen-bond acceptors (Lipinski definition) is 4. The third kappa shape index (κ3) is 3.01. The molecule has 0 aliphatic rings. The van der Waals surface area contributed by atoms with Crippen LogP contribution in [0.15, 0.2) is 29.7 Å². The fourth-order valence-corrected chi connectivity index (χ4v) is 2.04. The highest BCUT2D eigenvalue weighted by Gasteiger charge is 2.10. The number of aromatic amines is 1. The highest BCUT2D eigenvalue weighted by Crippen LogP contribution is 2.21. The van der Waals surface area contributed by atoms with E-state index in [-0.39, 0.29) is 6.04 Å². The van der Waals surface area contributed by atoms with Crippen LogP contribution in [0.4, 0.5) is 8.78 Å². The van der Waals surface area contributed by atoms with E-state index in [4.69, 9.17) is 5.73 Å². The quantitative estimate of drug-likeness (QED) is 0.819. The molecule has 2 rings (SSSR count). The molecule has 0 radical (unpaired) electrons. The van der Waals surface area contributed by atoms with Gasteiger partial charge in [-0.05, 0) is 17.7 Å². The van der Waals surface area contributed by atoms with Gasteiger partial charge in [-0.25, -0.2) is 13.8 Å². The number of thioether (sulfide) groups is 1. The second kappa shape index (κ2) is 5.24. The van der Waals surface area contributed by atoms with E-state index < -0.39 is 11.6 Å². The van der Waals surface area contributed by atoms with Crippen LogP contribution < -0.4 is 5.73 Å². The van der Waals surface area contributed by atoms with Crippen LogP contribution in [-0.4, -0.2) is 20.9 Å². The lowest BCUT2D eigenvalue weighted by Crippen LogP contribution is -2.13. The normalized spacial score (nSPS) is 12.6. The predicted octanol–water partition coefficient (Wildman–Crippen LogP) is 1.88. The summed E-state index contributed by atoms with van der Waals surface area (Å²) < 4.78 is 25.7. The van der Waals surface area contributed by atoms with Gasteiger partial charge in [0.15, 0.2) is 16.8 Å². The minimum Gasteiger partial charge on any atom is -0.323 e. The van der Waals surface area contributed by atoms with E-state index in [9.17, 15) is 8.78 Å². The number of H-pyrrole nitrogens is 1. The molecule has 0 saturated heterocycles. The van der Waals surface area contributed by atoms with E-state index in [1.165, 1.54) is 24.2 Å². The zero-order valence-corrected chi connectivity index (χ0v) is 9.55. The number of benzene rings is 1. The van der Waals surface area contributed by atoms with Crippen molar-refractivity contribution < 1.29 is 8.78 Å². The van der Waals surface area contributed by atoms with Crippen LogP contribution in [0.1, 0.15) is 11.6 Å². The largest absolute Gasteiger partial charge is 0.323 e. The highest BCUT2D eigenvalue weighted by molar-refractivity contribution is 7.99. The van der Waals surface area contributed by atoms with Crippen LogP contribution >= 0.6 is 11.8 Å². The maximum atomic E-state index is 13.0. The second-order valence-electron chi connectivity index (χ2n) is 3.38. The molecule has 7 heteroatoms. The van der Waals surface area contributed by atoms with Gasteiger partial charge in [0, 0.05) is 11.8 Å². The molecule has 17 heavy (non-hydrogen) atoms. The summed E-state index contributed by atoms with van der Waals surface area (Å²) in [6.07, 6.45) is 1.39. The Bertz CT molecular complexity index is 489. The van der Waals surface area contributed by atoms with Crippen molar-refractivity contribution in [3.63, 3.8) is 0 Å². The molecule has 0 aliphatic carbocycles. The van der Waals surface area contributed by atoms with E-state index >= 15 is 0 Å². The van der Waals surface area contributed by atoms with Crippen molar-refractivity contribution in [2.24, 2.45) is 5.73 Å². The summed E-state index contributed by atoms with van der Waals surface area (Å²) in [4.78, 5) is 3.92. The summed E-state index contributed by atoms with van der Waals surface area (Å²) in [5.41, 5.74) is 6.41. The van der Waals surface area contributed by atoms with Gasteiger partial charge in [0.1, 0.15) is 6.33 Å². The monoisotopic (exact) mass is 256 g/mol. The van der Waals surface area contributed by atoms with Crippen molar-refractivity contribution in [1.82, 2.24) is 15.2 Å². The minimum absolute atomic E-state index is 0.389. The number of rotatable bonds is 4. The molecule has 1 heterocycles. The van der Waals surface area contributed by atoms with Gasteiger partial charge in [-0.2, -0.15) is 5.10 Å². The first-order valence-corrected chi connectivity index (χ1v) is 5.84. The molecule has 1 aromatic carbocycles. The summed E-state index contributed by atoms with van der Waals surface area (Å²) in [7, 11) is 0. The lowest BCUT2D eigenvalue weighted by Gasteiger charge is -2.10. The maximum absolute atomic E-state index is 13.0. The minimum atomic E-state index is -0.886. The fraction of sp³-hybridized carbons (Fsp3) is 0.200. The van der Waals surface area contributed by atoms with Crippen LogP contribution in [0, 0.1) is 11.6 Å². The van der Waals surface area contributed by atoms with Crippen molar-refractivity contribution in [3.8, 4) is 0 Å². The molecule has 0 bridgehead atoms. The van der Waals surface area contributed by atoms with Gasteiger partial charge in [0.05, 0.1) is 0 Å². The average Bonchev–Trinajstić information content (AvgIpc) is 2.82. The van der Waals surface area contributed by atoms with Gasteiger partial charge in [-0.15, -0.1) is 0 Å². The van der Waals surface area contributed by atoms with Crippen molar-refractivity contribution in [1.29, 1.82) is 0 Å². The van der Waals surface area contributed by atoms with Crippen LogP contribution in [0.5, 0.6) is 0 Å². The lowest BCUT2D eigenvalue weighted by molar-refractivity contribution is 0.506. The zero-order chi connectivity index (χ0) is 12.3. The zero-order valence-electron chi connectivity index (χ0n) is 8.73. The number of hydrogen-bond donors (Lipinski definition) is 2. The van der Waals surface area contributed by atoms with Crippen molar-refractivity contribution in [2.45, 2.75) is 11.2 Å².